The second kappa shape index (κ2) is 12.7. The Hall–Kier alpha value is -4.78. The summed E-state index contributed by atoms with van der Waals surface area (Å²) in [6, 6.07) is 13.0. The SMILES string of the molecule is COc1ccc(-n2cnnn2)cc1C(=O)N1CCC(CCN2CCC(NC=O)(c3cccnc3)CC2)(c2ccc(F)c(F)c2)C1. The van der Waals surface area contributed by atoms with Crippen LogP contribution in [0.15, 0.2) is 67.3 Å². The van der Waals surface area contributed by atoms with E-state index in [-0.39, 0.29) is 5.91 Å². The number of halogens is 2. The van der Waals surface area contributed by atoms with Gasteiger partial charge in [-0.2, -0.15) is 0 Å². The fraction of sp³-hybridized carbons (Fsp3) is 0.375. The predicted octanol–water partition coefficient (Wildman–Crippen LogP) is 3.26. The number of tetrazole rings is 1. The summed E-state index contributed by atoms with van der Waals surface area (Å²) in [4.78, 5) is 33.8. The van der Waals surface area contributed by atoms with E-state index in [1.54, 1.807) is 41.6 Å². The van der Waals surface area contributed by atoms with Gasteiger partial charge >= 0.3 is 0 Å². The molecule has 4 heterocycles. The van der Waals surface area contributed by atoms with Crippen LogP contribution < -0.4 is 10.1 Å². The van der Waals surface area contributed by atoms with Crippen molar-refractivity contribution in [2.24, 2.45) is 0 Å². The summed E-state index contributed by atoms with van der Waals surface area (Å²) < 4.78 is 35.6. The molecule has 2 aromatic heterocycles. The molecule has 4 aromatic rings. The minimum Gasteiger partial charge on any atom is -0.496 e. The number of carbonyl (C=O) groups is 2. The van der Waals surface area contributed by atoms with E-state index in [1.165, 1.54) is 24.2 Å². The number of hydrogen-bond acceptors (Lipinski definition) is 8. The predicted molar refractivity (Wildman–Crippen MR) is 160 cm³/mol. The molecule has 0 bridgehead atoms. The zero-order chi connectivity index (χ0) is 31.4. The van der Waals surface area contributed by atoms with E-state index in [2.05, 4.69) is 30.7 Å². The maximum atomic E-state index is 14.6. The zero-order valence-electron chi connectivity index (χ0n) is 24.9. The molecule has 1 atom stereocenters. The number of benzene rings is 2. The summed E-state index contributed by atoms with van der Waals surface area (Å²) in [6.07, 6.45) is 8.32. The van der Waals surface area contributed by atoms with Gasteiger partial charge in [0.1, 0.15) is 12.1 Å². The number of pyridine rings is 1. The van der Waals surface area contributed by atoms with E-state index in [1.807, 2.05) is 12.1 Å². The molecule has 2 amide bonds. The number of methoxy groups -OCH3 is 1. The number of hydrogen-bond donors (Lipinski definition) is 1. The number of ether oxygens (including phenoxy) is 1. The number of aromatic nitrogens is 5. The lowest BCUT2D eigenvalue weighted by Crippen LogP contribution is -2.51. The summed E-state index contributed by atoms with van der Waals surface area (Å²) in [5.41, 5.74) is 1.51. The number of nitrogens with one attached hydrogen (secondary N) is 1. The number of likely N-dealkylation sites (tertiary alicyclic amines) is 2. The number of piperidine rings is 1. The highest BCUT2D eigenvalue weighted by atomic mass is 19.2. The molecular formula is C32H34F2N8O3. The van der Waals surface area contributed by atoms with Gasteiger partial charge in [0.05, 0.1) is 23.9 Å². The van der Waals surface area contributed by atoms with Gasteiger partial charge in [-0.1, -0.05) is 12.1 Å². The van der Waals surface area contributed by atoms with Crippen LogP contribution >= 0.6 is 0 Å². The maximum absolute atomic E-state index is 14.6. The van der Waals surface area contributed by atoms with Crippen molar-refractivity contribution in [1.82, 2.24) is 40.3 Å². The molecule has 2 aliphatic heterocycles. The number of nitrogens with zero attached hydrogens (tertiary/aromatic N) is 7. The molecule has 0 spiro atoms. The number of carbonyl (C=O) groups excluding carboxylic acids is 2. The summed E-state index contributed by atoms with van der Waals surface area (Å²) >= 11 is 0. The van der Waals surface area contributed by atoms with Crippen molar-refractivity contribution in [3.8, 4) is 11.4 Å². The van der Waals surface area contributed by atoms with Crippen molar-refractivity contribution in [2.75, 3.05) is 39.8 Å². The largest absolute Gasteiger partial charge is 0.496 e. The van der Waals surface area contributed by atoms with Crippen LogP contribution in [0.1, 0.15) is 47.2 Å². The minimum atomic E-state index is -0.911. The summed E-state index contributed by atoms with van der Waals surface area (Å²) in [7, 11) is 1.50. The first kappa shape index (κ1) is 30.3. The lowest BCUT2D eigenvalue weighted by Gasteiger charge is -2.42. The van der Waals surface area contributed by atoms with Gasteiger partial charge in [-0.05, 0) is 90.2 Å². The van der Waals surface area contributed by atoms with Crippen LogP contribution in [0.3, 0.4) is 0 Å². The Kier molecular flexibility index (Phi) is 8.52. The minimum absolute atomic E-state index is 0.231. The van der Waals surface area contributed by atoms with Crippen LogP contribution in [0.2, 0.25) is 0 Å². The van der Waals surface area contributed by atoms with E-state index < -0.39 is 22.6 Å². The Balaban J connectivity index is 1.22. The highest BCUT2D eigenvalue weighted by Crippen LogP contribution is 2.41. The molecule has 1 N–H and O–H groups in total. The fourth-order valence-electron chi connectivity index (χ4n) is 6.72. The second-order valence-corrected chi connectivity index (χ2v) is 11.7. The van der Waals surface area contributed by atoms with Gasteiger partial charge in [0.25, 0.3) is 5.91 Å². The standard InChI is InChI=1S/C32H34F2N8O3/c1-45-29-7-5-25(42-21-37-38-39-42)18-26(29)30(44)41-16-9-31(20-41,23-4-6-27(33)28(34)17-23)8-13-40-14-10-32(11-15-40,36-22-43)24-3-2-12-35-19-24/h2-7,12,17-19,21-22H,8-11,13-16,20H2,1H3,(H,36,43). The fourth-order valence-corrected chi connectivity index (χ4v) is 6.72. The molecule has 0 radical (unpaired) electrons. The number of rotatable bonds is 10. The van der Waals surface area contributed by atoms with Gasteiger partial charge < -0.3 is 19.9 Å². The number of amides is 2. The smallest absolute Gasteiger partial charge is 0.257 e. The Labute approximate surface area is 259 Å². The van der Waals surface area contributed by atoms with Crippen LogP contribution in [0.25, 0.3) is 5.69 Å². The van der Waals surface area contributed by atoms with Crippen molar-refractivity contribution in [1.29, 1.82) is 0 Å². The van der Waals surface area contributed by atoms with Gasteiger partial charge in [0, 0.05) is 44.0 Å². The first-order chi connectivity index (χ1) is 21.9. The van der Waals surface area contributed by atoms with Crippen LogP contribution in [0.4, 0.5) is 8.78 Å². The van der Waals surface area contributed by atoms with Gasteiger partial charge in [0.2, 0.25) is 6.41 Å². The highest BCUT2D eigenvalue weighted by molar-refractivity contribution is 5.97. The molecule has 2 fully saturated rings. The van der Waals surface area contributed by atoms with Crippen molar-refractivity contribution in [3.05, 3.63) is 95.6 Å². The van der Waals surface area contributed by atoms with Crippen LogP contribution in [-0.4, -0.2) is 87.1 Å². The summed E-state index contributed by atoms with van der Waals surface area (Å²) in [6.45, 7) is 2.91. The van der Waals surface area contributed by atoms with Crippen molar-refractivity contribution >= 4 is 12.3 Å². The maximum Gasteiger partial charge on any atom is 0.257 e. The van der Waals surface area contributed by atoms with Crippen LogP contribution in [0.5, 0.6) is 5.75 Å². The Morgan fingerprint density at radius 3 is 2.58 bits per heavy atom. The van der Waals surface area contributed by atoms with Crippen molar-refractivity contribution < 1.29 is 23.1 Å². The van der Waals surface area contributed by atoms with Crippen LogP contribution in [0, 0.1) is 11.6 Å². The molecule has 0 aliphatic carbocycles. The Bertz CT molecular complexity index is 1650. The van der Waals surface area contributed by atoms with E-state index in [0.29, 0.717) is 67.9 Å². The molecule has 234 valence electrons. The molecule has 2 aromatic carbocycles. The second-order valence-electron chi connectivity index (χ2n) is 11.7. The van der Waals surface area contributed by atoms with Gasteiger partial charge in [-0.15, -0.1) is 5.10 Å². The van der Waals surface area contributed by atoms with Gasteiger partial charge in [-0.25, -0.2) is 13.5 Å². The topological polar surface area (TPSA) is 118 Å². The lowest BCUT2D eigenvalue weighted by molar-refractivity contribution is -0.112. The first-order valence-corrected chi connectivity index (χ1v) is 14.9. The summed E-state index contributed by atoms with van der Waals surface area (Å²) in [5.74, 6) is -1.64. The molecule has 13 heteroatoms. The average molecular weight is 617 g/mol. The van der Waals surface area contributed by atoms with E-state index >= 15 is 0 Å². The molecule has 2 aliphatic rings. The monoisotopic (exact) mass is 616 g/mol. The molecular weight excluding hydrogens is 582 g/mol. The quantitative estimate of drug-likeness (QED) is 0.270. The average Bonchev–Trinajstić information content (AvgIpc) is 3.78. The molecule has 6 rings (SSSR count). The molecule has 1 unspecified atom stereocenters. The first-order valence-electron chi connectivity index (χ1n) is 14.9. The Morgan fingerprint density at radius 2 is 1.89 bits per heavy atom. The zero-order valence-corrected chi connectivity index (χ0v) is 24.9. The third kappa shape index (κ3) is 5.99. The molecule has 11 nitrogen and oxygen atoms in total. The van der Waals surface area contributed by atoms with E-state index in [4.69, 9.17) is 4.74 Å². The molecule has 2 saturated heterocycles. The highest BCUT2D eigenvalue weighted by Gasteiger charge is 2.43. The van der Waals surface area contributed by atoms with E-state index in [0.717, 1.165) is 31.1 Å². The third-order valence-electron chi connectivity index (χ3n) is 9.37. The molecule has 0 saturated carbocycles. The normalized spacial score (nSPS) is 19.8. The van der Waals surface area contributed by atoms with Crippen molar-refractivity contribution in [2.45, 2.75) is 36.6 Å². The molecule has 45 heavy (non-hydrogen) atoms. The van der Waals surface area contributed by atoms with E-state index in [9.17, 15) is 18.4 Å². The summed E-state index contributed by atoms with van der Waals surface area (Å²) in [5, 5.41) is 14.3. The van der Waals surface area contributed by atoms with Crippen molar-refractivity contribution in [3.63, 3.8) is 0 Å². The van der Waals surface area contributed by atoms with Gasteiger partial charge in [0.15, 0.2) is 11.6 Å². The third-order valence-corrected chi connectivity index (χ3v) is 9.37. The van der Waals surface area contributed by atoms with Gasteiger partial charge in [-0.3, -0.25) is 14.6 Å². The lowest BCUT2D eigenvalue weighted by atomic mass is 9.76. The van der Waals surface area contributed by atoms with Crippen LogP contribution in [-0.2, 0) is 15.7 Å². The Morgan fingerprint density at radius 1 is 1.04 bits per heavy atom.